The largest absolute Gasteiger partial charge is 0.351 e. The van der Waals surface area contributed by atoms with Crippen molar-refractivity contribution in [2.75, 3.05) is 12.6 Å². The maximum Gasteiger partial charge on any atom is 0.318 e. The monoisotopic (exact) mass is 230 g/mol. The number of alkyl halides is 1. The Balaban J connectivity index is 0. The van der Waals surface area contributed by atoms with Gasteiger partial charge in [0.05, 0.1) is 6.61 Å². The second-order valence-corrected chi connectivity index (χ2v) is 1.89. The van der Waals surface area contributed by atoms with Crippen molar-refractivity contribution in [3.05, 3.63) is 0 Å². The van der Waals surface area contributed by atoms with Gasteiger partial charge in [-0.2, -0.15) is 0 Å². The molecule has 0 aromatic carbocycles. The molecule has 0 atom stereocenters. The zero-order valence-corrected chi connectivity index (χ0v) is 8.61. The fourth-order valence-corrected chi connectivity index (χ4v) is 0.534. The van der Waals surface area contributed by atoms with Gasteiger partial charge in [-0.3, -0.25) is 10.2 Å². The molecule has 0 aromatic rings. The molecule has 0 unspecified atom stereocenters. The molecule has 0 rings (SSSR count). The molecule has 0 saturated carbocycles. The van der Waals surface area contributed by atoms with Gasteiger partial charge in [0.1, 0.15) is 6.00 Å². The van der Waals surface area contributed by atoms with Crippen molar-refractivity contribution in [2.45, 2.75) is 6.92 Å². The van der Waals surface area contributed by atoms with E-state index in [0.717, 1.165) is 0 Å². The second-order valence-electron chi connectivity index (χ2n) is 1.65. The average Bonchev–Trinajstić information content (AvgIpc) is 2.00. The lowest BCUT2D eigenvalue weighted by molar-refractivity contribution is 0.0945. The predicted octanol–water partition coefficient (Wildman–Crippen LogP) is 0.170. The van der Waals surface area contributed by atoms with Crippen LogP contribution in [0, 0.1) is 0 Å². The van der Waals surface area contributed by atoms with Crippen molar-refractivity contribution in [2.24, 2.45) is 10.7 Å². The minimum absolute atomic E-state index is 0. The van der Waals surface area contributed by atoms with E-state index in [9.17, 15) is 4.79 Å². The van der Waals surface area contributed by atoms with E-state index in [4.69, 9.17) is 22.2 Å². The minimum Gasteiger partial charge on any atom is -0.351 e. The predicted molar refractivity (Wildman–Crippen MR) is 52.9 cm³/mol. The van der Waals surface area contributed by atoms with Crippen LogP contribution in [-0.4, -0.2) is 24.6 Å². The summed E-state index contributed by atoms with van der Waals surface area (Å²) in [7, 11) is 0. The van der Waals surface area contributed by atoms with Gasteiger partial charge >= 0.3 is 6.03 Å². The molecule has 13 heavy (non-hydrogen) atoms. The van der Waals surface area contributed by atoms with Crippen LogP contribution in [0.15, 0.2) is 4.99 Å². The van der Waals surface area contributed by atoms with Gasteiger partial charge < -0.3 is 5.73 Å². The normalized spacial score (nSPS) is 10.2. The Morgan fingerprint density at radius 3 is 2.69 bits per heavy atom. The Bertz CT molecular complexity index is 176. The number of aliphatic imine (C=N–C) groups is 1. The molecule has 0 bridgehead atoms. The number of urea groups is 1. The molecule has 0 aliphatic carbocycles. The quantitative estimate of drug-likeness (QED) is 0.212. The Labute approximate surface area is 87.2 Å². The summed E-state index contributed by atoms with van der Waals surface area (Å²) in [5.41, 5.74) is 7.18. The second kappa shape index (κ2) is 9.37. The van der Waals surface area contributed by atoms with E-state index in [1.807, 2.05) is 0 Å². The molecule has 0 aromatic heterocycles. The highest BCUT2D eigenvalue weighted by molar-refractivity contribution is 6.18. The average molecular weight is 231 g/mol. The number of hydrogen-bond acceptors (Lipinski definition) is 3. The Kier molecular flexibility index (Phi) is 10.7. The van der Waals surface area contributed by atoms with Gasteiger partial charge in [0.15, 0.2) is 0 Å². The van der Waals surface area contributed by atoms with Crippen LogP contribution in [0.1, 0.15) is 6.92 Å². The van der Waals surface area contributed by atoms with Gasteiger partial charge in [-0.25, -0.2) is 15.3 Å². The molecule has 0 saturated heterocycles. The Hall–Kier alpha value is -0.720. The maximum atomic E-state index is 10.3. The number of nitrogens with two attached hydrogens (primary N) is 1. The first-order valence-electron chi connectivity index (χ1n) is 3.25. The Morgan fingerprint density at radius 2 is 2.31 bits per heavy atom. The maximum absolute atomic E-state index is 10.3. The van der Waals surface area contributed by atoms with E-state index >= 15 is 0 Å². The van der Waals surface area contributed by atoms with Gasteiger partial charge in [0, 0.05) is 0 Å². The number of guanidine groups is 1. The molecule has 8 heteroatoms. The molecule has 0 radical (unpaired) electrons. The van der Waals surface area contributed by atoms with Crippen LogP contribution in [0.4, 0.5) is 4.79 Å². The highest BCUT2D eigenvalue weighted by atomic mass is 35.5. The molecule has 6 nitrogen and oxygen atoms in total. The van der Waals surface area contributed by atoms with E-state index in [1.165, 1.54) is 0 Å². The summed E-state index contributed by atoms with van der Waals surface area (Å²) in [5.74, 6) is 0.0966. The third kappa shape index (κ3) is 9.19. The Morgan fingerprint density at radius 1 is 1.69 bits per heavy atom. The molecule has 0 aliphatic heterocycles. The van der Waals surface area contributed by atoms with Crippen LogP contribution in [0.3, 0.4) is 0 Å². The summed E-state index contributed by atoms with van der Waals surface area (Å²) in [5, 5.41) is 2.18. The number of carbonyl (C=O) groups is 1. The summed E-state index contributed by atoms with van der Waals surface area (Å²) in [6.45, 7) is 2.21. The van der Waals surface area contributed by atoms with Crippen LogP contribution in [-0.2, 0) is 4.84 Å². The summed E-state index contributed by atoms with van der Waals surface area (Å²) < 4.78 is 0. The first kappa shape index (κ1) is 14.8. The van der Waals surface area contributed by atoms with Gasteiger partial charge in [-0.15, -0.1) is 24.0 Å². The highest BCUT2D eigenvalue weighted by Crippen LogP contribution is 1.77. The van der Waals surface area contributed by atoms with Crippen LogP contribution in [0.2, 0.25) is 0 Å². The molecule has 0 spiro atoms. The van der Waals surface area contributed by atoms with Crippen molar-refractivity contribution in [1.29, 1.82) is 0 Å². The summed E-state index contributed by atoms with van der Waals surface area (Å²) >= 11 is 5.28. The van der Waals surface area contributed by atoms with E-state index in [-0.39, 0.29) is 24.4 Å². The van der Waals surface area contributed by atoms with Gasteiger partial charge in [0.25, 0.3) is 0 Å². The van der Waals surface area contributed by atoms with E-state index in [1.54, 1.807) is 6.92 Å². The third-order valence-electron chi connectivity index (χ3n) is 0.773. The fourth-order valence-electron chi connectivity index (χ4n) is 0.414. The summed E-state index contributed by atoms with van der Waals surface area (Å²) in [6, 6.07) is -0.721. The van der Waals surface area contributed by atoms with Gasteiger partial charge in [-0.1, -0.05) is 0 Å². The summed E-state index contributed by atoms with van der Waals surface area (Å²) in [6.07, 6.45) is 0. The topological polar surface area (TPSA) is 88.7 Å². The molecule has 4 N–H and O–H groups in total. The molecular formula is C5H12Cl2N4O2. The number of rotatable bonds is 3. The number of carbonyl (C=O) groups excluding carboxylic acids is 1. The molecule has 0 aliphatic rings. The van der Waals surface area contributed by atoms with E-state index < -0.39 is 6.03 Å². The number of nitrogens with one attached hydrogen (secondary N) is 2. The number of nitrogens with zero attached hydrogens (tertiary/aromatic N) is 1. The highest BCUT2D eigenvalue weighted by Gasteiger charge is 1.99. The lowest BCUT2D eigenvalue weighted by Gasteiger charge is -2.07. The van der Waals surface area contributed by atoms with Crippen LogP contribution in [0.25, 0.3) is 0 Å². The minimum atomic E-state index is -0.730. The van der Waals surface area contributed by atoms with Crippen LogP contribution in [0.5, 0.6) is 0 Å². The molecule has 78 valence electrons. The van der Waals surface area contributed by atoms with Crippen LogP contribution < -0.4 is 16.5 Å². The standard InChI is InChI=1S/C5H11ClN4O2.ClH/c1-2-12-10-5(8-3-6)9-4(7)11;/h2-3H2,1H3,(H4,7,8,9,10,11);1H. The lowest BCUT2D eigenvalue weighted by atomic mass is 10.9. The fraction of sp³-hybridized carbons (Fsp3) is 0.600. The first-order valence-corrected chi connectivity index (χ1v) is 3.78. The zero-order valence-electron chi connectivity index (χ0n) is 7.04. The number of halogens is 2. The van der Waals surface area contributed by atoms with Crippen LogP contribution >= 0.6 is 24.0 Å². The SMILES string of the molecule is CCON/C(=N/CCl)NC(N)=O.Cl. The van der Waals surface area contributed by atoms with E-state index in [2.05, 4.69) is 15.8 Å². The molecule has 0 fully saturated rings. The first-order chi connectivity index (χ1) is 5.70. The third-order valence-corrected chi connectivity index (χ3v) is 0.892. The molecule has 0 heterocycles. The number of hydrogen-bond donors (Lipinski definition) is 3. The smallest absolute Gasteiger partial charge is 0.318 e. The zero-order chi connectivity index (χ0) is 9.40. The lowest BCUT2D eigenvalue weighted by Crippen LogP contribution is -2.43. The van der Waals surface area contributed by atoms with Crippen molar-refractivity contribution in [3.8, 4) is 0 Å². The molecule has 2 amide bonds. The number of hydroxylamine groups is 1. The van der Waals surface area contributed by atoms with Crippen molar-refractivity contribution >= 4 is 36.0 Å². The molecular weight excluding hydrogens is 219 g/mol. The van der Waals surface area contributed by atoms with E-state index in [0.29, 0.717) is 6.61 Å². The van der Waals surface area contributed by atoms with Crippen molar-refractivity contribution in [1.82, 2.24) is 10.8 Å². The van der Waals surface area contributed by atoms with Crippen molar-refractivity contribution < 1.29 is 9.63 Å². The van der Waals surface area contributed by atoms with Gasteiger partial charge in [-0.05, 0) is 6.92 Å². The number of primary amides is 1. The number of amides is 2. The summed E-state index contributed by atoms with van der Waals surface area (Å²) in [4.78, 5) is 18.7. The van der Waals surface area contributed by atoms with Crippen molar-refractivity contribution in [3.63, 3.8) is 0 Å². The van der Waals surface area contributed by atoms with Gasteiger partial charge in [0.2, 0.25) is 5.96 Å².